The summed E-state index contributed by atoms with van der Waals surface area (Å²) in [5.41, 5.74) is 0. The third-order valence-electron chi connectivity index (χ3n) is 0.668. The van der Waals surface area contributed by atoms with Crippen molar-refractivity contribution in [1.82, 2.24) is 0 Å². The Morgan fingerprint density at radius 2 is 2.12 bits per heavy atom. The zero-order chi connectivity index (χ0) is 6.78. The van der Waals surface area contributed by atoms with Crippen LogP contribution in [0.2, 0.25) is 0 Å². The van der Waals surface area contributed by atoms with E-state index in [2.05, 4.69) is 15.9 Å². The number of aliphatic hydroxyl groups excluding tert-OH is 1. The lowest BCUT2D eigenvalue weighted by atomic mass is 10.2. The number of halogens is 1. The molecule has 3 heteroatoms. The highest BCUT2D eigenvalue weighted by Gasteiger charge is 2.16. The monoisotopic (exact) mass is 182 g/mol. The Balaban J connectivity index is 3.39. The van der Waals surface area contributed by atoms with Gasteiger partial charge in [0.15, 0.2) is 0 Å². The molecule has 0 rings (SSSR count). The van der Waals surface area contributed by atoms with E-state index in [0.29, 0.717) is 6.42 Å². The molecule has 2 N–H and O–H groups in total. The number of hydrogen-bond donors (Lipinski definition) is 2. The summed E-state index contributed by atoms with van der Waals surface area (Å²) in [6.45, 7) is 3.23. The van der Waals surface area contributed by atoms with E-state index >= 15 is 0 Å². The minimum atomic E-state index is -0.916. The number of hydrogen-bond acceptors (Lipinski definition) is 2. The van der Waals surface area contributed by atoms with Crippen molar-refractivity contribution in [1.29, 1.82) is 0 Å². The van der Waals surface area contributed by atoms with Crippen LogP contribution < -0.4 is 0 Å². The minimum Gasteiger partial charge on any atom is -0.393 e. The smallest absolute Gasteiger partial charge is 0.119 e. The normalized spacial score (nSPS) is 22.1. The lowest BCUT2D eigenvalue weighted by Crippen LogP contribution is -2.20. The molecule has 2 atom stereocenters. The molecule has 0 spiro atoms. The fourth-order valence-electron chi connectivity index (χ4n) is 0.539. The molecule has 0 amide bonds. The Bertz CT molecular complexity index is 65.3. The van der Waals surface area contributed by atoms with Crippen molar-refractivity contribution >= 4 is 15.9 Å². The van der Waals surface area contributed by atoms with Crippen molar-refractivity contribution in [2.45, 2.75) is 30.9 Å². The molecule has 0 saturated heterocycles. The van der Waals surface area contributed by atoms with Crippen LogP contribution in [0.1, 0.15) is 20.3 Å². The van der Waals surface area contributed by atoms with Crippen molar-refractivity contribution in [2.24, 2.45) is 0 Å². The predicted octanol–water partition coefficient (Wildman–Crippen LogP) is 0.861. The highest BCUT2D eigenvalue weighted by molar-refractivity contribution is 9.10. The topological polar surface area (TPSA) is 40.5 Å². The van der Waals surface area contributed by atoms with E-state index in [0.717, 1.165) is 0 Å². The minimum absolute atomic E-state index is 0.354. The van der Waals surface area contributed by atoms with E-state index in [-0.39, 0.29) is 0 Å². The van der Waals surface area contributed by atoms with Crippen molar-refractivity contribution in [3.8, 4) is 0 Å². The fourth-order valence-corrected chi connectivity index (χ4v) is 1.01. The first-order chi connectivity index (χ1) is 3.42. The Kier molecular flexibility index (Phi) is 2.94. The first-order valence-corrected chi connectivity index (χ1v) is 3.30. The maximum atomic E-state index is 8.94. The average molecular weight is 183 g/mol. The van der Waals surface area contributed by atoms with Crippen LogP contribution in [0.15, 0.2) is 0 Å². The van der Waals surface area contributed by atoms with E-state index in [9.17, 15) is 0 Å². The molecule has 0 aliphatic carbocycles. The molecule has 0 saturated carbocycles. The first kappa shape index (κ1) is 8.40. The van der Waals surface area contributed by atoms with Crippen LogP contribution >= 0.6 is 15.9 Å². The summed E-state index contributed by atoms with van der Waals surface area (Å²) in [7, 11) is 0. The van der Waals surface area contributed by atoms with Crippen molar-refractivity contribution in [3.05, 3.63) is 0 Å². The molecule has 0 bridgehead atoms. The van der Waals surface area contributed by atoms with Gasteiger partial charge in [-0.2, -0.15) is 0 Å². The number of alkyl halides is 1. The summed E-state index contributed by atoms with van der Waals surface area (Å²) in [6, 6.07) is 0. The van der Waals surface area contributed by atoms with E-state index in [1.54, 1.807) is 13.8 Å². The number of rotatable bonds is 2. The largest absolute Gasteiger partial charge is 0.393 e. The Morgan fingerprint density at radius 3 is 2.12 bits per heavy atom. The Hall–Kier alpha value is 0.400. The van der Waals surface area contributed by atoms with Crippen molar-refractivity contribution in [2.75, 3.05) is 0 Å². The standard InChI is InChI=1S/C5H11BrO2/c1-4(7)3-5(2,6)8/h4,7-8H,3H2,1-2H3. The second kappa shape index (κ2) is 2.80. The maximum absolute atomic E-state index is 8.94. The summed E-state index contributed by atoms with van der Waals surface area (Å²) in [5.74, 6) is 0. The molecule has 8 heavy (non-hydrogen) atoms. The molecule has 0 aliphatic heterocycles. The van der Waals surface area contributed by atoms with Crippen molar-refractivity contribution in [3.63, 3.8) is 0 Å². The van der Waals surface area contributed by atoms with Crippen LogP contribution in [0.25, 0.3) is 0 Å². The molecule has 0 aromatic heterocycles. The highest BCUT2D eigenvalue weighted by atomic mass is 79.9. The zero-order valence-corrected chi connectivity index (χ0v) is 6.64. The van der Waals surface area contributed by atoms with E-state index in [1.165, 1.54) is 0 Å². The summed E-state index contributed by atoms with van der Waals surface area (Å²) >= 11 is 2.97. The van der Waals surface area contributed by atoms with Gasteiger partial charge in [-0.15, -0.1) is 0 Å². The molecule has 0 radical (unpaired) electrons. The van der Waals surface area contributed by atoms with Crippen molar-refractivity contribution < 1.29 is 10.2 Å². The molecule has 0 aliphatic rings. The lowest BCUT2D eigenvalue weighted by Gasteiger charge is -2.15. The van der Waals surface area contributed by atoms with Gasteiger partial charge in [-0.05, 0) is 13.8 Å². The molecule has 0 aromatic carbocycles. The van der Waals surface area contributed by atoms with Gasteiger partial charge in [-0.25, -0.2) is 0 Å². The molecular formula is C5H11BrO2. The van der Waals surface area contributed by atoms with Crippen LogP contribution in [-0.2, 0) is 0 Å². The molecule has 2 nitrogen and oxygen atoms in total. The van der Waals surface area contributed by atoms with Crippen LogP contribution in [0.4, 0.5) is 0 Å². The summed E-state index contributed by atoms with van der Waals surface area (Å²) in [5, 5.41) is 17.6. The van der Waals surface area contributed by atoms with Crippen LogP contribution in [-0.4, -0.2) is 20.8 Å². The summed E-state index contributed by atoms with van der Waals surface area (Å²) in [4.78, 5) is 0. The van der Waals surface area contributed by atoms with Gasteiger partial charge in [0.2, 0.25) is 0 Å². The average Bonchev–Trinajstić information content (AvgIpc) is 1.21. The van der Waals surface area contributed by atoms with Gasteiger partial charge < -0.3 is 10.2 Å². The second-order valence-corrected chi connectivity index (χ2v) is 3.90. The Labute approximate surface area is 57.7 Å². The fraction of sp³-hybridized carbons (Fsp3) is 1.00. The number of aliphatic hydroxyl groups is 2. The third-order valence-corrected chi connectivity index (χ3v) is 0.992. The summed E-state index contributed by atoms with van der Waals surface area (Å²) < 4.78 is -0.916. The van der Waals surface area contributed by atoms with Gasteiger partial charge >= 0.3 is 0 Å². The lowest BCUT2D eigenvalue weighted by molar-refractivity contribution is 0.0839. The van der Waals surface area contributed by atoms with Gasteiger partial charge in [-0.1, -0.05) is 15.9 Å². The van der Waals surface area contributed by atoms with Gasteiger partial charge in [0, 0.05) is 6.42 Å². The van der Waals surface area contributed by atoms with Gasteiger partial charge in [0.25, 0.3) is 0 Å². The molecule has 0 heterocycles. The maximum Gasteiger partial charge on any atom is 0.119 e. The first-order valence-electron chi connectivity index (χ1n) is 2.51. The van der Waals surface area contributed by atoms with Gasteiger partial charge in [0.05, 0.1) is 6.10 Å². The molecule has 0 aromatic rings. The molecule has 0 fully saturated rings. The van der Waals surface area contributed by atoms with Gasteiger partial charge in [0.1, 0.15) is 4.51 Å². The zero-order valence-electron chi connectivity index (χ0n) is 5.06. The quantitative estimate of drug-likeness (QED) is 0.623. The molecule has 2 unspecified atom stereocenters. The van der Waals surface area contributed by atoms with E-state index in [1.807, 2.05) is 0 Å². The predicted molar refractivity (Wildman–Crippen MR) is 35.8 cm³/mol. The van der Waals surface area contributed by atoms with Crippen LogP contribution in [0.5, 0.6) is 0 Å². The molecular weight excluding hydrogens is 172 g/mol. The van der Waals surface area contributed by atoms with E-state index in [4.69, 9.17) is 10.2 Å². The third kappa shape index (κ3) is 6.40. The van der Waals surface area contributed by atoms with E-state index < -0.39 is 10.6 Å². The van der Waals surface area contributed by atoms with Crippen LogP contribution in [0.3, 0.4) is 0 Å². The SMILES string of the molecule is CC(O)CC(C)(O)Br. The second-order valence-electron chi connectivity index (χ2n) is 2.20. The Morgan fingerprint density at radius 1 is 1.75 bits per heavy atom. The molecule has 50 valence electrons. The highest BCUT2D eigenvalue weighted by Crippen LogP contribution is 2.18. The summed E-state index contributed by atoms with van der Waals surface area (Å²) in [6.07, 6.45) is -0.100. The van der Waals surface area contributed by atoms with Crippen LogP contribution in [0, 0.1) is 0 Å². The van der Waals surface area contributed by atoms with Gasteiger partial charge in [-0.3, -0.25) is 0 Å².